The number of pyridine rings is 1. The Labute approximate surface area is 116 Å². The normalized spacial score (nSPS) is 19.8. The van der Waals surface area contributed by atoms with Crippen LogP contribution in [0.15, 0.2) is 18.3 Å². The number of methoxy groups -OCH3 is 1. The van der Waals surface area contributed by atoms with E-state index in [4.69, 9.17) is 4.74 Å². The first-order chi connectivity index (χ1) is 9.01. The summed E-state index contributed by atoms with van der Waals surface area (Å²) >= 11 is 0. The topological polar surface area (TPSA) is 37.4 Å². The highest BCUT2D eigenvalue weighted by atomic mass is 16.5. The van der Waals surface area contributed by atoms with E-state index in [1.807, 2.05) is 18.3 Å². The van der Waals surface area contributed by atoms with E-state index in [0.717, 1.165) is 24.7 Å². The molecule has 0 bridgehead atoms. The van der Waals surface area contributed by atoms with Gasteiger partial charge in [-0.1, -0.05) is 0 Å². The Morgan fingerprint density at radius 3 is 2.95 bits per heavy atom. The monoisotopic (exact) mass is 263 g/mol. The molecule has 0 amide bonds. The van der Waals surface area contributed by atoms with Crippen LogP contribution in [-0.4, -0.2) is 36.8 Å². The highest BCUT2D eigenvalue weighted by molar-refractivity contribution is 5.53. The van der Waals surface area contributed by atoms with Crippen molar-refractivity contribution in [2.24, 2.45) is 0 Å². The van der Waals surface area contributed by atoms with Gasteiger partial charge in [-0.3, -0.25) is 0 Å². The fraction of sp³-hybridized carbons (Fsp3) is 0.667. The SMILES string of the molecule is COc1cccnc1N1CCCC1CNC(C)(C)C. The summed E-state index contributed by atoms with van der Waals surface area (Å²) in [5, 5.41) is 3.59. The lowest BCUT2D eigenvalue weighted by Gasteiger charge is -2.30. The molecule has 1 aromatic rings. The molecule has 1 fully saturated rings. The molecule has 0 aromatic carbocycles. The van der Waals surface area contributed by atoms with Gasteiger partial charge in [0.25, 0.3) is 0 Å². The molecular formula is C15H25N3O. The number of aromatic nitrogens is 1. The average molecular weight is 263 g/mol. The number of ether oxygens (including phenoxy) is 1. The van der Waals surface area contributed by atoms with Crippen LogP contribution >= 0.6 is 0 Å². The van der Waals surface area contributed by atoms with Crippen molar-refractivity contribution in [2.45, 2.75) is 45.2 Å². The maximum Gasteiger partial charge on any atom is 0.171 e. The van der Waals surface area contributed by atoms with Crippen molar-refractivity contribution in [1.82, 2.24) is 10.3 Å². The summed E-state index contributed by atoms with van der Waals surface area (Å²) in [6, 6.07) is 4.40. The van der Waals surface area contributed by atoms with Crippen molar-refractivity contribution < 1.29 is 4.74 Å². The maximum atomic E-state index is 5.43. The van der Waals surface area contributed by atoms with Gasteiger partial charge in [-0.05, 0) is 45.7 Å². The van der Waals surface area contributed by atoms with Gasteiger partial charge < -0.3 is 15.0 Å². The van der Waals surface area contributed by atoms with Crippen LogP contribution < -0.4 is 15.0 Å². The van der Waals surface area contributed by atoms with Crippen molar-refractivity contribution in [3.63, 3.8) is 0 Å². The fourth-order valence-corrected chi connectivity index (χ4v) is 2.51. The molecule has 1 aromatic heterocycles. The van der Waals surface area contributed by atoms with Crippen molar-refractivity contribution in [3.8, 4) is 5.75 Å². The number of nitrogens with zero attached hydrogens (tertiary/aromatic N) is 2. The second-order valence-corrected chi connectivity index (χ2v) is 6.15. The standard InChI is InChI=1S/C15H25N3O/c1-15(2,3)17-11-12-7-6-10-18(12)14-13(19-4)8-5-9-16-14/h5,8-9,12,17H,6-7,10-11H2,1-4H3. The van der Waals surface area contributed by atoms with Gasteiger partial charge in [0.05, 0.1) is 7.11 Å². The van der Waals surface area contributed by atoms with Crippen molar-refractivity contribution in [2.75, 3.05) is 25.1 Å². The third-order valence-electron chi connectivity index (χ3n) is 3.49. The first-order valence-corrected chi connectivity index (χ1v) is 7.02. The first kappa shape index (κ1) is 14.1. The fourth-order valence-electron chi connectivity index (χ4n) is 2.51. The summed E-state index contributed by atoms with van der Waals surface area (Å²) in [7, 11) is 1.71. The summed E-state index contributed by atoms with van der Waals surface area (Å²) < 4.78 is 5.43. The minimum Gasteiger partial charge on any atom is -0.493 e. The van der Waals surface area contributed by atoms with Gasteiger partial charge in [-0.2, -0.15) is 0 Å². The molecule has 0 spiro atoms. The Morgan fingerprint density at radius 2 is 2.26 bits per heavy atom. The summed E-state index contributed by atoms with van der Waals surface area (Å²) in [4.78, 5) is 6.87. The Balaban J connectivity index is 2.10. The first-order valence-electron chi connectivity index (χ1n) is 7.02. The van der Waals surface area contributed by atoms with Crippen molar-refractivity contribution in [3.05, 3.63) is 18.3 Å². The van der Waals surface area contributed by atoms with E-state index in [-0.39, 0.29) is 5.54 Å². The number of nitrogens with one attached hydrogen (secondary N) is 1. The Morgan fingerprint density at radius 1 is 1.47 bits per heavy atom. The van der Waals surface area contributed by atoms with Crippen molar-refractivity contribution >= 4 is 5.82 Å². The van der Waals surface area contributed by atoms with Gasteiger partial charge in [0.15, 0.2) is 11.6 Å². The second kappa shape index (κ2) is 5.78. The number of rotatable bonds is 4. The predicted molar refractivity (Wildman–Crippen MR) is 78.9 cm³/mol. The van der Waals surface area contributed by atoms with Gasteiger partial charge in [0.1, 0.15) is 0 Å². The zero-order valence-electron chi connectivity index (χ0n) is 12.4. The van der Waals surface area contributed by atoms with E-state index in [9.17, 15) is 0 Å². The summed E-state index contributed by atoms with van der Waals surface area (Å²) in [5.74, 6) is 1.84. The molecule has 106 valence electrons. The number of hydrogen-bond donors (Lipinski definition) is 1. The average Bonchev–Trinajstić information content (AvgIpc) is 2.83. The van der Waals surface area contributed by atoms with Crippen LogP contribution in [0, 0.1) is 0 Å². The van der Waals surface area contributed by atoms with E-state index < -0.39 is 0 Å². The summed E-state index contributed by atoms with van der Waals surface area (Å²) in [6.45, 7) is 8.65. The zero-order chi connectivity index (χ0) is 13.9. The van der Waals surface area contributed by atoms with Crippen LogP contribution in [0.4, 0.5) is 5.82 Å². The highest BCUT2D eigenvalue weighted by Crippen LogP contribution is 2.31. The van der Waals surface area contributed by atoms with Crippen LogP contribution in [0.25, 0.3) is 0 Å². The smallest absolute Gasteiger partial charge is 0.171 e. The van der Waals surface area contributed by atoms with Crippen LogP contribution in [0.1, 0.15) is 33.6 Å². The van der Waals surface area contributed by atoms with Gasteiger partial charge >= 0.3 is 0 Å². The van der Waals surface area contributed by atoms with Crippen LogP contribution in [0.3, 0.4) is 0 Å². The predicted octanol–water partition coefficient (Wildman–Crippen LogP) is 2.45. The van der Waals surface area contributed by atoms with Gasteiger partial charge in [0, 0.05) is 30.9 Å². The molecule has 1 unspecified atom stereocenters. The lowest BCUT2D eigenvalue weighted by atomic mass is 10.1. The maximum absolute atomic E-state index is 5.43. The quantitative estimate of drug-likeness (QED) is 0.905. The molecule has 0 radical (unpaired) electrons. The van der Waals surface area contributed by atoms with Crippen molar-refractivity contribution in [1.29, 1.82) is 0 Å². The minimum absolute atomic E-state index is 0.155. The number of anilines is 1. The van der Waals surface area contributed by atoms with Gasteiger partial charge in [0.2, 0.25) is 0 Å². The molecule has 1 N–H and O–H groups in total. The molecular weight excluding hydrogens is 238 g/mol. The largest absolute Gasteiger partial charge is 0.493 e. The van der Waals surface area contributed by atoms with E-state index >= 15 is 0 Å². The van der Waals surface area contributed by atoms with E-state index in [1.54, 1.807) is 7.11 Å². The lowest BCUT2D eigenvalue weighted by Crippen LogP contribution is -2.45. The lowest BCUT2D eigenvalue weighted by molar-refractivity contribution is 0.397. The van der Waals surface area contributed by atoms with Gasteiger partial charge in [-0.15, -0.1) is 0 Å². The van der Waals surface area contributed by atoms with E-state index in [2.05, 4.69) is 36.0 Å². The molecule has 1 saturated heterocycles. The second-order valence-electron chi connectivity index (χ2n) is 6.15. The van der Waals surface area contributed by atoms with Crippen LogP contribution in [-0.2, 0) is 0 Å². The van der Waals surface area contributed by atoms with E-state index in [1.165, 1.54) is 12.8 Å². The van der Waals surface area contributed by atoms with Crippen LogP contribution in [0.5, 0.6) is 5.75 Å². The van der Waals surface area contributed by atoms with E-state index in [0.29, 0.717) is 6.04 Å². The van der Waals surface area contributed by atoms with Gasteiger partial charge in [-0.25, -0.2) is 4.98 Å². The zero-order valence-corrected chi connectivity index (χ0v) is 12.4. The Kier molecular flexibility index (Phi) is 4.30. The molecule has 1 atom stereocenters. The molecule has 1 aliphatic rings. The van der Waals surface area contributed by atoms with Crippen LogP contribution in [0.2, 0.25) is 0 Å². The summed E-state index contributed by atoms with van der Waals surface area (Å²) in [5.41, 5.74) is 0.155. The molecule has 2 rings (SSSR count). The number of hydrogen-bond acceptors (Lipinski definition) is 4. The molecule has 0 aliphatic carbocycles. The highest BCUT2D eigenvalue weighted by Gasteiger charge is 2.28. The molecule has 19 heavy (non-hydrogen) atoms. The Hall–Kier alpha value is -1.29. The minimum atomic E-state index is 0.155. The Bertz CT molecular complexity index is 414. The summed E-state index contributed by atoms with van der Waals surface area (Å²) in [6.07, 6.45) is 4.27. The molecule has 0 saturated carbocycles. The molecule has 1 aliphatic heterocycles. The molecule has 2 heterocycles. The molecule has 4 nitrogen and oxygen atoms in total. The third kappa shape index (κ3) is 3.60. The third-order valence-corrected chi connectivity index (χ3v) is 3.49. The molecule has 4 heteroatoms.